The lowest BCUT2D eigenvalue weighted by atomic mass is 10.1. The highest BCUT2D eigenvalue weighted by atomic mass is 15.1. The van der Waals surface area contributed by atoms with Crippen molar-refractivity contribution in [3.8, 4) is 0 Å². The molecule has 1 aromatic rings. The molecule has 1 rings (SSSR count). The molecule has 3 nitrogen and oxygen atoms in total. The van der Waals surface area contributed by atoms with Crippen molar-refractivity contribution < 1.29 is 0 Å². The van der Waals surface area contributed by atoms with Crippen molar-refractivity contribution in [2.75, 3.05) is 6.54 Å². The zero-order valence-corrected chi connectivity index (χ0v) is 9.45. The van der Waals surface area contributed by atoms with Crippen LogP contribution in [0.5, 0.6) is 0 Å². The summed E-state index contributed by atoms with van der Waals surface area (Å²) in [5, 5.41) is 3.40. The Bertz CT molecular complexity index is 253. The summed E-state index contributed by atoms with van der Waals surface area (Å²) in [6.45, 7) is 6.49. The van der Waals surface area contributed by atoms with E-state index in [1.54, 1.807) is 0 Å². The summed E-state index contributed by atoms with van der Waals surface area (Å²) < 4.78 is 2.05. The molecule has 0 unspecified atom stereocenters. The van der Waals surface area contributed by atoms with Crippen LogP contribution in [0.2, 0.25) is 0 Å². The van der Waals surface area contributed by atoms with E-state index in [0.717, 1.165) is 24.8 Å². The SMILES string of the molecule is CC(C)CCCNCc1nccn1C. The first-order valence-electron chi connectivity index (χ1n) is 5.37. The molecule has 14 heavy (non-hydrogen) atoms. The Balaban J connectivity index is 2.08. The number of aryl methyl sites for hydroxylation is 1. The molecule has 3 heteroatoms. The fraction of sp³-hybridized carbons (Fsp3) is 0.727. The predicted octanol–water partition coefficient (Wildman–Crippen LogP) is 1.95. The van der Waals surface area contributed by atoms with Crippen molar-refractivity contribution in [3.05, 3.63) is 18.2 Å². The van der Waals surface area contributed by atoms with E-state index in [-0.39, 0.29) is 0 Å². The van der Waals surface area contributed by atoms with Crippen molar-refractivity contribution >= 4 is 0 Å². The van der Waals surface area contributed by atoms with Gasteiger partial charge in [0.25, 0.3) is 0 Å². The van der Waals surface area contributed by atoms with Gasteiger partial charge in [-0.2, -0.15) is 0 Å². The average Bonchev–Trinajstić information content (AvgIpc) is 2.51. The van der Waals surface area contributed by atoms with Gasteiger partial charge in [0, 0.05) is 19.4 Å². The minimum absolute atomic E-state index is 0.810. The van der Waals surface area contributed by atoms with Crippen LogP contribution >= 0.6 is 0 Å². The fourth-order valence-electron chi connectivity index (χ4n) is 1.40. The largest absolute Gasteiger partial charge is 0.337 e. The first kappa shape index (κ1) is 11.2. The van der Waals surface area contributed by atoms with Crippen LogP contribution in [-0.2, 0) is 13.6 Å². The highest BCUT2D eigenvalue weighted by Gasteiger charge is 1.98. The lowest BCUT2D eigenvalue weighted by Gasteiger charge is -2.06. The number of hydrogen-bond donors (Lipinski definition) is 1. The van der Waals surface area contributed by atoms with Gasteiger partial charge < -0.3 is 9.88 Å². The molecule has 0 bridgehead atoms. The van der Waals surface area contributed by atoms with Crippen molar-refractivity contribution in [2.24, 2.45) is 13.0 Å². The van der Waals surface area contributed by atoms with Crippen LogP contribution in [0.3, 0.4) is 0 Å². The van der Waals surface area contributed by atoms with Gasteiger partial charge in [0.1, 0.15) is 5.82 Å². The normalized spacial score (nSPS) is 11.1. The summed E-state index contributed by atoms with van der Waals surface area (Å²) in [5.41, 5.74) is 0. The molecule has 0 spiro atoms. The maximum atomic E-state index is 4.25. The Morgan fingerprint density at radius 1 is 1.50 bits per heavy atom. The van der Waals surface area contributed by atoms with Gasteiger partial charge in [0.2, 0.25) is 0 Å². The first-order chi connectivity index (χ1) is 6.70. The zero-order chi connectivity index (χ0) is 10.4. The average molecular weight is 195 g/mol. The van der Waals surface area contributed by atoms with Crippen molar-refractivity contribution in [3.63, 3.8) is 0 Å². The third-order valence-electron chi connectivity index (χ3n) is 2.34. The van der Waals surface area contributed by atoms with E-state index in [0.29, 0.717) is 0 Å². The van der Waals surface area contributed by atoms with E-state index in [2.05, 4.69) is 28.7 Å². The molecular formula is C11H21N3. The van der Waals surface area contributed by atoms with Gasteiger partial charge in [-0.25, -0.2) is 4.98 Å². The molecule has 0 fully saturated rings. The van der Waals surface area contributed by atoms with Crippen LogP contribution in [0.1, 0.15) is 32.5 Å². The number of rotatable bonds is 6. The van der Waals surface area contributed by atoms with Crippen molar-refractivity contribution in [2.45, 2.75) is 33.2 Å². The third kappa shape index (κ3) is 3.92. The Morgan fingerprint density at radius 3 is 2.86 bits per heavy atom. The van der Waals surface area contributed by atoms with Gasteiger partial charge in [-0.15, -0.1) is 0 Å². The van der Waals surface area contributed by atoms with Crippen LogP contribution in [0.25, 0.3) is 0 Å². The van der Waals surface area contributed by atoms with Crippen LogP contribution in [-0.4, -0.2) is 16.1 Å². The number of aromatic nitrogens is 2. The number of imidazole rings is 1. The highest BCUT2D eigenvalue weighted by Crippen LogP contribution is 2.02. The molecule has 0 saturated heterocycles. The van der Waals surface area contributed by atoms with E-state index < -0.39 is 0 Å². The summed E-state index contributed by atoms with van der Waals surface area (Å²) in [7, 11) is 2.03. The second-order valence-corrected chi connectivity index (χ2v) is 4.17. The lowest BCUT2D eigenvalue weighted by Crippen LogP contribution is -2.17. The minimum atomic E-state index is 0.810. The van der Waals surface area contributed by atoms with Crippen LogP contribution in [0.4, 0.5) is 0 Å². The lowest BCUT2D eigenvalue weighted by molar-refractivity contribution is 0.521. The summed E-state index contributed by atoms with van der Waals surface area (Å²) in [4.78, 5) is 4.25. The Labute approximate surface area is 86.5 Å². The maximum Gasteiger partial charge on any atom is 0.122 e. The molecular weight excluding hydrogens is 174 g/mol. The molecule has 1 heterocycles. The Kier molecular flexibility index (Phi) is 4.66. The molecule has 0 aromatic carbocycles. The van der Waals surface area contributed by atoms with Crippen LogP contribution < -0.4 is 5.32 Å². The molecule has 1 aromatic heterocycles. The summed E-state index contributed by atoms with van der Waals surface area (Å²) >= 11 is 0. The molecule has 0 atom stereocenters. The third-order valence-corrected chi connectivity index (χ3v) is 2.34. The van der Waals surface area contributed by atoms with Gasteiger partial charge in [0.15, 0.2) is 0 Å². The number of nitrogens with zero attached hydrogens (tertiary/aromatic N) is 2. The molecule has 0 aliphatic heterocycles. The summed E-state index contributed by atoms with van der Waals surface area (Å²) in [5.74, 6) is 1.92. The number of nitrogens with one attached hydrogen (secondary N) is 1. The van der Waals surface area contributed by atoms with Crippen molar-refractivity contribution in [1.82, 2.24) is 14.9 Å². The van der Waals surface area contributed by atoms with E-state index >= 15 is 0 Å². The van der Waals surface area contributed by atoms with Gasteiger partial charge in [-0.05, 0) is 25.3 Å². The van der Waals surface area contributed by atoms with Gasteiger partial charge in [-0.1, -0.05) is 13.8 Å². The quantitative estimate of drug-likeness (QED) is 0.703. The van der Waals surface area contributed by atoms with Crippen LogP contribution in [0, 0.1) is 5.92 Å². The second-order valence-electron chi connectivity index (χ2n) is 4.17. The predicted molar refractivity (Wildman–Crippen MR) is 59.0 cm³/mol. The van der Waals surface area contributed by atoms with E-state index in [4.69, 9.17) is 0 Å². The first-order valence-corrected chi connectivity index (χ1v) is 5.37. The van der Waals surface area contributed by atoms with Gasteiger partial charge >= 0.3 is 0 Å². The molecule has 0 aliphatic carbocycles. The molecule has 0 aliphatic rings. The molecule has 0 amide bonds. The fourth-order valence-corrected chi connectivity index (χ4v) is 1.40. The Morgan fingerprint density at radius 2 is 2.29 bits per heavy atom. The Hall–Kier alpha value is -0.830. The highest BCUT2D eigenvalue weighted by molar-refractivity contribution is 4.90. The standard InChI is InChI=1S/C11H21N3/c1-10(2)5-4-6-12-9-11-13-7-8-14(11)3/h7-8,10,12H,4-6,9H2,1-3H3. The molecule has 80 valence electrons. The second kappa shape index (κ2) is 5.81. The van der Waals surface area contributed by atoms with Crippen molar-refractivity contribution in [1.29, 1.82) is 0 Å². The molecule has 0 saturated carbocycles. The summed E-state index contributed by atoms with van der Waals surface area (Å²) in [6.07, 6.45) is 6.37. The maximum absolute atomic E-state index is 4.25. The molecule has 1 N–H and O–H groups in total. The van der Waals surface area contributed by atoms with Crippen LogP contribution in [0.15, 0.2) is 12.4 Å². The minimum Gasteiger partial charge on any atom is -0.337 e. The smallest absolute Gasteiger partial charge is 0.122 e. The zero-order valence-electron chi connectivity index (χ0n) is 9.45. The van der Waals surface area contributed by atoms with Gasteiger partial charge in [0.05, 0.1) is 6.54 Å². The van der Waals surface area contributed by atoms with E-state index in [1.807, 2.05) is 19.4 Å². The van der Waals surface area contributed by atoms with E-state index in [9.17, 15) is 0 Å². The topological polar surface area (TPSA) is 29.9 Å². The van der Waals surface area contributed by atoms with Gasteiger partial charge in [-0.3, -0.25) is 0 Å². The monoisotopic (exact) mass is 195 g/mol. The molecule has 0 radical (unpaired) electrons. The van der Waals surface area contributed by atoms with E-state index in [1.165, 1.54) is 12.8 Å². The number of hydrogen-bond acceptors (Lipinski definition) is 2. The summed E-state index contributed by atoms with van der Waals surface area (Å²) in [6, 6.07) is 0.